The molecule has 0 unspecified atom stereocenters. The number of nitrogens with one attached hydrogen (secondary N) is 1. The van der Waals surface area contributed by atoms with Gasteiger partial charge in [-0.15, -0.1) is 0 Å². The third-order valence-electron chi connectivity index (χ3n) is 13.3. The van der Waals surface area contributed by atoms with Gasteiger partial charge in [-0.05, 0) is 135 Å². The van der Waals surface area contributed by atoms with Gasteiger partial charge in [0.15, 0.2) is 0 Å². The normalized spacial score (nSPS) is 39.8. The molecule has 0 aromatic heterocycles. The smallest absolute Gasteiger partial charge is 0.421 e. The fraction of sp³-hybridized carbons (Fsp3) is 0.771. The van der Waals surface area contributed by atoms with E-state index >= 15 is 0 Å². The van der Waals surface area contributed by atoms with E-state index in [-0.39, 0.29) is 52.3 Å². The van der Waals surface area contributed by atoms with Gasteiger partial charge in [0, 0.05) is 18.7 Å². The molecule has 45 heavy (non-hydrogen) atoms. The number of aliphatic hydroxyl groups excluding tert-OH is 2. The van der Waals surface area contributed by atoms with E-state index < -0.39 is 16.1 Å². The van der Waals surface area contributed by atoms with Crippen LogP contribution in [0.15, 0.2) is 29.2 Å². The van der Waals surface area contributed by atoms with E-state index in [1.54, 1.807) is 17.0 Å². The van der Waals surface area contributed by atoms with Gasteiger partial charge in [0.1, 0.15) is 0 Å². The van der Waals surface area contributed by atoms with E-state index in [0.717, 1.165) is 64.2 Å². The fourth-order valence-corrected chi connectivity index (χ4v) is 11.8. The molecule has 9 nitrogen and oxygen atoms in total. The summed E-state index contributed by atoms with van der Waals surface area (Å²) in [4.78, 5) is 26.4. The molecule has 250 valence electrons. The van der Waals surface area contributed by atoms with Crippen molar-refractivity contribution in [1.82, 2.24) is 4.72 Å². The monoisotopic (exact) mass is 644 g/mol. The predicted octanol–water partition coefficient (Wildman–Crippen LogP) is 5.64. The van der Waals surface area contributed by atoms with Crippen molar-refractivity contribution in [2.24, 2.45) is 46.3 Å². The van der Waals surface area contributed by atoms with Crippen LogP contribution in [0.5, 0.6) is 0 Å². The number of piperidine rings is 1. The minimum absolute atomic E-state index is 0.0296. The molecule has 3 N–H and O–H groups in total. The van der Waals surface area contributed by atoms with Crippen molar-refractivity contribution in [3.63, 3.8) is 0 Å². The van der Waals surface area contributed by atoms with Crippen LogP contribution in [-0.4, -0.2) is 56.0 Å². The van der Waals surface area contributed by atoms with Gasteiger partial charge in [-0.1, -0.05) is 27.2 Å². The number of anilines is 1. The first kappa shape index (κ1) is 32.8. The van der Waals surface area contributed by atoms with Gasteiger partial charge in [0.2, 0.25) is 5.91 Å². The number of benzene rings is 1. The summed E-state index contributed by atoms with van der Waals surface area (Å²) in [5.41, 5.74) is 0.846. The summed E-state index contributed by atoms with van der Waals surface area (Å²) in [6.07, 6.45) is 9.18. The second-order valence-electron chi connectivity index (χ2n) is 15.2. The molecule has 1 saturated heterocycles. The summed E-state index contributed by atoms with van der Waals surface area (Å²) < 4.78 is 33.2. The summed E-state index contributed by atoms with van der Waals surface area (Å²) in [5, 5.41) is 22.4. The third kappa shape index (κ3) is 5.81. The second kappa shape index (κ2) is 12.5. The number of ether oxygens (including phenoxy) is 1. The molecule has 4 aliphatic carbocycles. The number of hydrogen-bond acceptors (Lipinski definition) is 7. The minimum Gasteiger partial charge on any atom is -0.449 e. The van der Waals surface area contributed by atoms with E-state index in [4.69, 9.17) is 4.74 Å². The van der Waals surface area contributed by atoms with E-state index in [9.17, 15) is 28.2 Å². The van der Waals surface area contributed by atoms with E-state index in [1.807, 2.05) is 4.72 Å². The molecule has 5 aliphatic rings. The Morgan fingerprint density at radius 3 is 2.42 bits per heavy atom. The van der Waals surface area contributed by atoms with Crippen LogP contribution in [0.3, 0.4) is 0 Å². The molecular formula is C35H52N2O7S. The Morgan fingerprint density at radius 1 is 1.00 bits per heavy atom. The van der Waals surface area contributed by atoms with Crippen LogP contribution < -0.4 is 9.62 Å². The zero-order valence-corrected chi connectivity index (χ0v) is 27.9. The maximum Gasteiger partial charge on any atom is 0.421 e. The minimum atomic E-state index is -4.12. The third-order valence-corrected chi connectivity index (χ3v) is 14.6. The van der Waals surface area contributed by atoms with Gasteiger partial charge in [-0.25, -0.2) is 17.9 Å². The molecule has 1 aromatic rings. The van der Waals surface area contributed by atoms with Gasteiger partial charge < -0.3 is 19.8 Å². The quantitative estimate of drug-likeness (QED) is 0.350. The van der Waals surface area contributed by atoms with E-state index in [0.29, 0.717) is 48.7 Å². The van der Waals surface area contributed by atoms with Crippen molar-refractivity contribution in [1.29, 1.82) is 0 Å². The molecule has 0 radical (unpaired) electrons. The Labute approximate surface area is 268 Å². The number of amides is 2. The van der Waals surface area contributed by atoms with Crippen LogP contribution >= 0.6 is 0 Å². The molecule has 10 atom stereocenters. The Morgan fingerprint density at radius 2 is 1.71 bits per heavy atom. The van der Waals surface area contributed by atoms with Crippen LogP contribution in [0.4, 0.5) is 10.5 Å². The highest BCUT2D eigenvalue weighted by Crippen LogP contribution is 2.69. The van der Waals surface area contributed by atoms with Crippen molar-refractivity contribution in [3.05, 3.63) is 24.3 Å². The zero-order chi connectivity index (χ0) is 32.1. The number of hydrogen-bond donors (Lipinski definition) is 3. The van der Waals surface area contributed by atoms with Crippen LogP contribution in [0.25, 0.3) is 0 Å². The molecule has 1 heterocycles. The lowest BCUT2D eigenvalue weighted by molar-refractivity contribution is -0.202. The number of aliphatic hydroxyl groups is 2. The molecule has 6 rings (SSSR count). The number of fused-ring (bicyclic) bond motifs is 5. The Bertz CT molecular complexity index is 1370. The summed E-state index contributed by atoms with van der Waals surface area (Å²) in [6, 6.07) is 6.01. The highest BCUT2D eigenvalue weighted by atomic mass is 32.2. The highest BCUT2D eigenvalue weighted by molar-refractivity contribution is 7.90. The Kier molecular flexibility index (Phi) is 9.07. The molecule has 0 spiro atoms. The topological polar surface area (TPSA) is 133 Å². The van der Waals surface area contributed by atoms with Crippen molar-refractivity contribution < 1.29 is 33.0 Å². The maximum atomic E-state index is 12.9. The van der Waals surface area contributed by atoms with Gasteiger partial charge in [0.25, 0.3) is 10.0 Å². The first-order valence-electron chi connectivity index (χ1n) is 17.3. The fourth-order valence-electron chi connectivity index (χ4n) is 10.9. The Hall–Kier alpha value is -2.17. The maximum absolute atomic E-state index is 12.9. The SMILES string of the molecule is CC[C@H]1[C@@H](O)[C@@H]2[C@H](CC[C@]3(C)[C@@H](CCOC(=O)NS(=O)(=O)c4ccc(N5CCCCC5=O)cc4)CC[C@@H]23)[C@@]2(C)CC[C@@H](O)C[C@@H]12. The van der Waals surface area contributed by atoms with Crippen LogP contribution in [0.2, 0.25) is 0 Å². The molecule has 1 aromatic carbocycles. The lowest BCUT2D eigenvalue weighted by atomic mass is 9.41. The Balaban J connectivity index is 1.05. The summed E-state index contributed by atoms with van der Waals surface area (Å²) in [7, 11) is -4.12. The van der Waals surface area contributed by atoms with Gasteiger partial charge in [0.05, 0.1) is 23.7 Å². The second-order valence-corrected chi connectivity index (χ2v) is 16.9. The zero-order valence-electron chi connectivity index (χ0n) is 27.1. The number of nitrogens with zero attached hydrogens (tertiary/aromatic N) is 1. The first-order chi connectivity index (χ1) is 21.4. The summed E-state index contributed by atoms with van der Waals surface area (Å²) in [6.45, 7) is 7.74. The van der Waals surface area contributed by atoms with Gasteiger partial charge >= 0.3 is 6.09 Å². The molecule has 1 aliphatic heterocycles. The van der Waals surface area contributed by atoms with Crippen LogP contribution in [0.1, 0.15) is 97.8 Å². The number of rotatable bonds is 7. The summed E-state index contributed by atoms with van der Waals surface area (Å²) >= 11 is 0. The van der Waals surface area contributed by atoms with Crippen molar-refractivity contribution in [2.45, 2.75) is 115 Å². The molecule has 4 saturated carbocycles. The molecule has 2 amide bonds. The molecule has 0 bridgehead atoms. The van der Waals surface area contributed by atoms with Crippen molar-refractivity contribution in [3.8, 4) is 0 Å². The molecule has 10 heteroatoms. The van der Waals surface area contributed by atoms with Crippen LogP contribution in [-0.2, 0) is 19.6 Å². The largest absolute Gasteiger partial charge is 0.449 e. The van der Waals surface area contributed by atoms with Crippen molar-refractivity contribution in [2.75, 3.05) is 18.1 Å². The average molecular weight is 645 g/mol. The molecule has 5 fully saturated rings. The van der Waals surface area contributed by atoms with Crippen LogP contribution in [0, 0.1) is 46.3 Å². The lowest BCUT2D eigenvalue weighted by Crippen LogP contribution is -2.62. The van der Waals surface area contributed by atoms with Gasteiger partial charge in [-0.2, -0.15) is 0 Å². The number of carbonyl (C=O) groups is 2. The molecular weight excluding hydrogens is 592 g/mol. The number of carbonyl (C=O) groups excluding carboxylic acids is 2. The first-order valence-corrected chi connectivity index (χ1v) is 18.8. The van der Waals surface area contributed by atoms with E-state index in [2.05, 4.69) is 20.8 Å². The summed E-state index contributed by atoms with van der Waals surface area (Å²) in [5.74, 6) is 2.07. The van der Waals surface area contributed by atoms with Gasteiger partial charge in [-0.3, -0.25) is 4.79 Å². The number of sulfonamides is 1. The van der Waals surface area contributed by atoms with E-state index in [1.165, 1.54) is 12.1 Å². The highest BCUT2D eigenvalue weighted by Gasteiger charge is 2.64. The predicted molar refractivity (Wildman–Crippen MR) is 171 cm³/mol. The standard InChI is InChI=1S/C35H52N2O7S/c1-4-26-29-21-24(38)14-17-35(29,3)28-15-18-34(2)22(8-13-27(34)31(28)32(26)40)16-20-44-33(41)36-45(42,43)25-11-9-23(10-12-25)37-19-6-5-7-30(37)39/h9-12,22,24,26-29,31-32,38,40H,4-8,13-21H2,1-3H3,(H,36,41)/t22-,24-,26-,27+,28+,29+,31+,32-,34-,35-/m1/s1. The van der Waals surface area contributed by atoms with Crippen molar-refractivity contribution >= 4 is 27.7 Å². The average Bonchev–Trinajstić information content (AvgIpc) is 3.34. The lowest BCUT2D eigenvalue weighted by Gasteiger charge is -2.64.